The fraction of sp³-hybridized carbons (Fsp3) is 0.345. The zero-order valence-corrected chi connectivity index (χ0v) is 23.1. The van der Waals surface area contributed by atoms with Crippen LogP contribution in [-0.2, 0) is 11.2 Å². The van der Waals surface area contributed by atoms with Gasteiger partial charge in [-0.05, 0) is 42.3 Å². The third-order valence-electron chi connectivity index (χ3n) is 6.92. The van der Waals surface area contributed by atoms with Gasteiger partial charge in [-0.25, -0.2) is 14.4 Å². The maximum atomic E-state index is 14.8. The van der Waals surface area contributed by atoms with Crippen molar-refractivity contribution in [3.63, 3.8) is 0 Å². The lowest BCUT2D eigenvalue weighted by Gasteiger charge is -2.29. The number of quaternary nitrogens is 1. The van der Waals surface area contributed by atoms with Crippen LogP contribution in [-0.4, -0.2) is 90.8 Å². The van der Waals surface area contributed by atoms with E-state index in [9.17, 15) is 13.6 Å². The zero-order valence-electron chi connectivity index (χ0n) is 23.1. The lowest BCUT2D eigenvalue weighted by molar-refractivity contribution is -0.870. The molecule has 11 heteroatoms. The van der Waals surface area contributed by atoms with Crippen molar-refractivity contribution in [3.05, 3.63) is 71.7 Å². The molecule has 0 fully saturated rings. The van der Waals surface area contributed by atoms with E-state index in [0.29, 0.717) is 49.0 Å². The van der Waals surface area contributed by atoms with Crippen LogP contribution in [0.4, 0.5) is 20.3 Å². The number of ether oxygens (including phenoxy) is 2. The third kappa shape index (κ3) is 5.61. The second-order valence-corrected chi connectivity index (χ2v) is 10.7. The van der Waals surface area contributed by atoms with Gasteiger partial charge < -0.3 is 24.2 Å². The lowest BCUT2D eigenvalue weighted by Crippen LogP contribution is -2.40. The molecule has 0 spiro atoms. The Morgan fingerprint density at radius 3 is 2.62 bits per heavy atom. The fourth-order valence-corrected chi connectivity index (χ4v) is 4.67. The van der Waals surface area contributed by atoms with Gasteiger partial charge in [-0.3, -0.25) is 9.20 Å². The Kier molecular flexibility index (Phi) is 7.68. The van der Waals surface area contributed by atoms with Crippen LogP contribution in [0.3, 0.4) is 0 Å². The second-order valence-electron chi connectivity index (χ2n) is 10.7. The molecule has 1 N–H and O–H groups in total. The Hall–Kier alpha value is -4.09. The molecule has 0 aliphatic carbocycles. The highest BCUT2D eigenvalue weighted by atomic mass is 19.2. The molecular weight excluding hydrogens is 518 g/mol. The van der Waals surface area contributed by atoms with Crippen LogP contribution >= 0.6 is 0 Å². The number of aromatic nitrogens is 3. The van der Waals surface area contributed by atoms with Gasteiger partial charge >= 0.3 is 0 Å². The number of hydrogen-bond acceptors (Lipinski definition) is 6. The van der Waals surface area contributed by atoms with Crippen LogP contribution in [0.5, 0.6) is 5.75 Å². The fourth-order valence-electron chi connectivity index (χ4n) is 4.67. The smallest absolute Gasteiger partial charge is 0.254 e. The summed E-state index contributed by atoms with van der Waals surface area (Å²) in [5.41, 5.74) is 3.24. The van der Waals surface area contributed by atoms with Crippen LogP contribution in [0, 0.1) is 11.6 Å². The molecule has 1 amide bonds. The molecule has 3 heterocycles. The van der Waals surface area contributed by atoms with Gasteiger partial charge in [0, 0.05) is 42.3 Å². The van der Waals surface area contributed by atoms with E-state index >= 15 is 0 Å². The van der Waals surface area contributed by atoms with Gasteiger partial charge in [0.25, 0.3) is 5.91 Å². The first-order chi connectivity index (χ1) is 19.2. The molecule has 4 aromatic rings. The molecule has 0 bridgehead atoms. The van der Waals surface area contributed by atoms with Crippen molar-refractivity contribution < 1.29 is 27.5 Å². The molecule has 40 heavy (non-hydrogen) atoms. The van der Waals surface area contributed by atoms with Gasteiger partial charge in [0.15, 0.2) is 23.0 Å². The zero-order chi connectivity index (χ0) is 28.4. The number of methoxy groups -OCH3 is 1. The van der Waals surface area contributed by atoms with E-state index in [1.165, 1.54) is 25.4 Å². The predicted octanol–water partition coefficient (Wildman–Crippen LogP) is 4.15. The highest BCUT2D eigenvalue weighted by molar-refractivity contribution is 5.97. The number of nitrogens with one attached hydrogen (secondary N) is 1. The number of hydrogen-bond donors (Lipinski definition) is 1. The number of carbonyl (C=O) groups excluding carboxylic acids is 1. The molecule has 0 radical (unpaired) electrons. The molecule has 0 saturated heterocycles. The summed E-state index contributed by atoms with van der Waals surface area (Å²) in [4.78, 5) is 23.7. The molecule has 0 unspecified atom stereocenters. The van der Waals surface area contributed by atoms with Crippen molar-refractivity contribution in [2.45, 2.75) is 6.42 Å². The number of nitrogens with zero attached hydrogens (tertiary/aromatic N) is 5. The molecule has 2 aromatic heterocycles. The largest absolute Gasteiger partial charge is 0.494 e. The summed E-state index contributed by atoms with van der Waals surface area (Å²) in [7, 11) is 7.64. The van der Waals surface area contributed by atoms with Crippen LogP contribution in [0.2, 0.25) is 0 Å². The van der Waals surface area contributed by atoms with E-state index in [-0.39, 0.29) is 17.2 Å². The number of likely N-dealkylation sites (N-methyl/N-ethyl adjacent to an activating group) is 1. The van der Waals surface area contributed by atoms with Crippen LogP contribution in [0.1, 0.15) is 15.9 Å². The topological polar surface area (TPSA) is 81.0 Å². The number of rotatable bonds is 10. The van der Waals surface area contributed by atoms with Gasteiger partial charge in [0.05, 0.1) is 53.4 Å². The van der Waals surface area contributed by atoms with Gasteiger partial charge in [-0.1, -0.05) is 0 Å². The molecular formula is C29H33F2N6O3+. The SMILES string of the molecule is COc1ccc(-c2cnc3c(Nc4ccc5c(c4)CCN(CCOCC[N+](C)(C)C)C5=O)nccn23)c(F)c1F. The van der Waals surface area contributed by atoms with E-state index < -0.39 is 11.6 Å². The van der Waals surface area contributed by atoms with E-state index in [1.807, 2.05) is 23.1 Å². The summed E-state index contributed by atoms with van der Waals surface area (Å²) < 4.78 is 42.2. The Morgan fingerprint density at radius 2 is 1.85 bits per heavy atom. The Morgan fingerprint density at radius 1 is 1.05 bits per heavy atom. The first-order valence-corrected chi connectivity index (χ1v) is 13.1. The molecule has 0 saturated carbocycles. The Labute approximate surface area is 231 Å². The standard InChI is InChI=1S/C29H32F2N6O3/c1-37(2,3)14-16-40-15-13-35-11-9-19-17-20(5-6-21(19)29(35)38)34-27-28-33-18-23(36(28)12-10-32-27)22-7-8-24(39-4)26(31)25(22)30/h5-8,10,12,17-18H,9,11,13-16H2,1-4H3/p+1. The van der Waals surface area contributed by atoms with Crippen molar-refractivity contribution in [3.8, 4) is 17.0 Å². The summed E-state index contributed by atoms with van der Waals surface area (Å²) >= 11 is 0. The van der Waals surface area contributed by atoms with Crippen molar-refractivity contribution in [1.82, 2.24) is 19.3 Å². The van der Waals surface area contributed by atoms with Crippen molar-refractivity contribution in [2.75, 3.05) is 66.4 Å². The van der Waals surface area contributed by atoms with Crippen molar-refractivity contribution in [1.29, 1.82) is 0 Å². The summed E-state index contributed by atoms with van der Waals surface area (Å²) in [5, 5.41) is 3.26. The van der Waals surface area contributed by atoms with Gasteiger partial charge in [-0.15, -0.1) is 0 Å². The number of fused-ring (bicyclic) bond motifs is 2. The Bertz CT molecular complexity index is 1550. The number of anilines is 2. The third-order valence-corrected chi connectivity index (χ3v) is 6.92. The Balaban J connectivity index is 1.30. The second kappa shape index (κ2) is 11.2. The minimum atomic E-state index is -1.06. The molecule has 2 aromatic carbocycles. The van der Waals surface area contributed by atoms with Crippen LogP contribution in [0.15, 0.2) is 48.9 Å². The maximum absolute atomic E-state index is 14.8. The van der Waals surface area contributed by atoms with E-state index in [0.717, 1.165) is 28.7 Å². The number of imidazole rings is 1. The summed E-state index contributed by atoms with van der Waals surface area (Å²) in [6, 6.07) is 8.41. The summed E-state index contributed by atoms with van der Waals surface area (Å²) in [6.07, 6.45) is 5.39. The number of amides is 1. The average Bonchev–Trinajstić information content (AvgIpc) is 3.35. The van der Waals surface area contributed by atoms with Crippen LogP contribution < -0.4 is 10.1 Å². The van der Waals surface area contributed by atoms with E-state index in [2.05, 4.69) is 36.4 Å². The number of halogens is 2. The molecule has 0 atom stereocenters. The minimum Gasteiger partial charge on any atom is -0.494 e. The maximum Gasteiger partial charge on any atom is 0.254 e. The van der Waals surface area contributed by atoms with E-state index in [4.69, 9.17) is 9.47 Å². The van der Waals surface area contributed by atoms with Gasteiger partial charge in [0.1, 0.15) is 6.54 Å². The minimum absolute atomic E-state index is 0.00474. The van der Waals surface area contributed by atoms with Gasteiger partial charge in [0.2, 0.25) is 5.82 Å². The molecule has 1 aliphatic rings. The molecule has 1 aliphatic heterocycles. The van der Waals surface area contributed by atoms with Crippen LogP contribution in [0.25, 0.3) is 16.9 Å². The highest BCUT2D eigenvalue weighted by Crippen LogP contribution is 2.32. The molecule has 9 nitrogen and oxygen atoms in total. The van der Waals surface area contributed by atoms with Crippen molar-refractivity contribution in [2.24, 2.45) is 0 Å². The number of carbonyl (C=O) groups is 1. The van der Waals surface area contributed by atoms with E-state index in [1.54, 1.807) is 16.8 Å². The first-order valence-electron chi connectivity index (χ1n) is 13.1. The monoisotopic (exact) mass is 551 g/mol. The van der Waals surface area contributed by atoms with Crippen molar-refractivity contribution >= 4 is 23.1 Å². The summed E-state index contributed by atoms with van der Waals surface area (Å²) in [6.45, 7) is 3.25. The molecule has 210 valence electrons. The number of benzene rings is 2. The average molecular weight is 552 g/mol. The lowest BCUT2D eigenvalue weighted by atomic mass is 9.98. The normalized spacial score (nSPS) is 13.6. The first kappa shape index (κ1) is 27.5. The van der Waals surface area contributed by atoms with Gasteiger partial charge in [-0.2, -0.15) is 4.39 Å². The molecule has 5 rings (SSSR count). The predicted molar refractivity (Wildman–Crippen MR) is 148 cm³/mol. The quantitative estimate of drug-likeness (QED) is 0.236. The summed E-state index contributed by atoms with van der Waals surface area (Å²) in [5.74, 6) is -1.81. The highest BCUT2D eigenvalue weighted by Gasteiger charge is 2.25.